The van der Waals surface area contributed by atoms with Gasteiger partial charge in [-0.3, -0.25) is 0 Å². The van der Waals surface area contributed by atoms with Crippen LogP contribution in [-0.2, 0) is 0 Å². The molecule has 0 rings (SSSR count). The number of aliphatic imine (C=N–C) groups is 2. The zero-order chi connectivity index (χ0) is 12.9. The lowest BCUT2D eigenvalue weighted by molar-refractivity contribution is 0.567. The number of nitrogens with one attached hydrogen (secondary N) is 2. The second-order valence-electron chi connectivity index (χ2n) is 4.27. The molecule has 2 N–H and O–H groups in total. The van der Waals surface area contributed by atoms with Gasteiger partial charge in [0.2, 0.25) is 0 Å². The van der Waals surface area contributed by atoms with Crippen LogP contribution >= 0.6 is 0 Å². The molecule has 0 aliphatic rings. The van der Waals surface area contributed by atoms with Gasteiger partial charge in [-0.15, -0.1) is 0 Å². The standard InChI is InChI=1S/C13H28N4/c1-5-12(7-9-14-3)16-11-17-13(6-2)8-10-15-4/h12-15H,5-10H2,1-4H3. The molecule has 0 radical (unpaired) electrons. The lowest BCUT2D eigenvalue weighted by Crippen LogP contribution is -2.15. The third kappa shape index (κ3) is 9.04. The SMILES string of the molecule is CCC(CCNC)N=C=NC(CC)CCNC. The van der Waals surface area contributed by atoms with Crippen LogP contribution in [0.15, 0.2) is 9.98 Å². The Morgan fingerprint density at radius 1 is 0.882 bits per heavy atom. The summed E-state index contributed by atoms with van der Waals surface area (Å²) in [5, 5.41) is 6.29. The van der Waals surface area contributed by atoms with Crippen molar-refractivity contribution in [1.82, 2.24) is 10.6 Å². The van der Waals surface area contributed by atoms with E-state index in [2.05, 4.69) is 40.5 Å². The van der Waals surface area contributed by atoms with Gasteiger partial charge in [-0.05, 0) is 52.9 Å². The molecule has 2 unspecified atom stereocenters. The zero-order valence-corrected chi connectivity index (χ0v) is 11.8. The first kappa shape index (κ1) is 16.3. The van der Waals surface area contributed by atoms with Crippen LogP contribution < -0.4 is 10.6 Å². The van der Waals surface area contributed by atoms with Gasteiger partial charge in [-0.25, -0.2) is 9.98 Å². The van der Waals surface area contributed by atoms with E-state index in [1.807, 2.05) is 14.1 Å². The van der Waals surface area contributed by atoms with E-state index in [0.717, 1.165) is 38.8 Å². The van der Waals surface area contributed by atoms with Gasteiger partial charge in [0.15, 0.2) is 0 Å². The highest BCUT2D eigenvalue weighted by atomic mass is 14.9. The molecule has 0 bridgehead atoms. The molecule has 0 aromatic heterocycles. The summed E-state index contributed by atoms with van der Waals surface area (Å²) in [4.78, 5) is 8.80. The van der Waals surface area contributed by atoms with Crippen molar-refractivity contribution in [2.75, 3.05) is 27.2 Å². The van der Waals surface area contributed by atoms with Crippen molar-refractivity contribution in [3.63, 3.8) is 0 Å². The van der Waals surface area contributed by atoms with Gasteiger partial charge in [0.25, 0.3) is 0 Å². The highest BCUT2D eigenvalue weighted by Crippen LogP contribution is 2.03. The quantitative estimate of drug-likeness (QED) is 0.573. The van der Waals surface area contributed by atoms with Crippen molar-refractivity contribution in [2.45, 2.75) is 51.6 Å². The number of hydrogen-bond acceptors (Lipinski definition) is 4. The van der Waals surface area contributed by atoms with Gasteiger partial charge in [0.1, 0.15) is 0 Å². The first-order chi connectivity index (χ1) is 8.28. The molecule has 2 atom stereocenters. The molecule has 100 valence electrons. The summed E-state index contributed by atoms with van der Waals surface area (Å²) >= 11 is 0. The molecule has 0 aliphatic heterocycles. The van der Waals surface area contributed by atoms with E-state index in [0.29, 0.717) is 12.1 Å². The van der Waals surface area contributed by atoms with Crippen molar-refractivity contribution in [3.8, 4) is 0 Å². The molecule has 0 aliphatic carbocycles. The Morgan fingerprint density at radius 2 is 1.29 bits per heavy atom. The third-order valence-corrected chi connectivity index (χ3v) is 2.88. The summed E-state index contributed by atoms with van der Waals surface area (Å²) < 4.78 is 0. The number of nitrogens with zero attached hydrogens (tertiary/aromatic N) is 2. The van der Waals surface area contributed by atoms with Gasteiger partial charge in [0, 0.05) is 0 Å². The minimum Gasteiger partial charge on any atom is -0.320 e. The third-order valence-electron chi connectivity index (χ3n) is 2.88. The van der Waals surface area contributed by atoms with Crippen LogP contribution in [0.2, 0.25) is 0 Å². The van der Waals surface area contributed by atoms with Crippen molar-refractivity contribution >= 4 is 6.01 Å². The molecule has 0 heterocycles. The van der Waals surface area contributed by atoms with E-state index in [-0.39, 0.29) is 0 Å². The van der Waals surface area contributed by atoms with E-state index in [9.17, 15) is 0 Å². The fraction of sp³-hybridized carbons (Fsp3) is 0.923. The van der Waals surface area contributed by atoms with E-state index >= 15 is 0 Å². The molecule has 0 aromatic carbocycles. The summed E-state index contributed by atoms with van der Waals surface area (Å²) in [6.45, 7) is 6.31. The van der Waals surface area contributed by atoms with Gasteiger partial charge in [-0.1, -0.05) is 13.8 Å². The summed E-state index contributed by atoms with van der Waals surface area (Å²) in [6, 6.07) is 3.61. The van der Waals surface area contributed by atoms with Crippen molar-refractivity contribution in [2.24, 2.45) is 9.98 Å². The maximum Gasteiger partial charge on any atom is 0.0898 e. The van der Waals surface area contributed by atoms with Crippen LogP contribution in [0.3, 0.4) is 0 Å². The summed E-state index contributed by atoms with van der Waals surface area (Å²) in [5.41, 5.74) is 0. The van der Waals surface area contributed by atoms with E-state index in [1.165, 1.54) is 0 Å². The van der Waals surface area contributed by atoms with Crippen LogP contribution in [0.1, 0.15) is 39.5 Å². The Kier molecular flexibility index (Phi) is 11.3. The Labute approximate surface area is 106 Å². The number of hydrogen-bond donors (Lipinski definition) is 2. The van der Waals surface area contributed by atoms with Gasteiger partial charge in [-0.2, -0.15) is 0 Å². The molecule has 4 heteroatoms. The van der Waals surface area contributed by atoms with Crippen LogP contribution in [0.25, 0.3) is 0 Å². The molecular weight excluding hydrogens is 212 g/mol. The highest BCUT2D eigenvalue weighted by Gasteiger charge is 2.03. The lowest BCUT2D eigenvalue weighted by Gasteiger charge is -2.08. The van der Waals surface area contributed by atoms with Crippen LogP contribution in [-0.4, -0.2) is 45.3 Å². The molecule has 0 fully saturated rings. The van der Waals surface area contributed by atoms with E-state index in [1.54, 1.807) is 0 Å². The van der Waals surface area contributed by atoms with Gasteiger partial charge >= 0.3 is 0 Å². The molecule has 0 spiro atoms. The maximum absolute atomic E-state index is 4.40. The average Bonchev–Trinajstić information content (AvgIpc) is 2.37. The van der Waals surface area contributed by atoms with Crippen LogP contribution in [0.5, 0.6) is 0 Å². The Bertz CT molecular complexity index is 201. The normalized spacial score (nSPS) is 13.9. The predicted octanol–water partition coefficient (Wildman–Crippen LogP) is 1.94. The average molecular weight is 240 g/mol. The van der Waals surface area contributed by atoms with Crippen molar-refractivity contribution in [3.05, 3.63) is 0 Å². The predicted molar refractivity (Wildman–Crippen MR) is 75.1 cm³/mol. The minimum absolute atomic E-state index is 0.355. The molecule has 4 nitrogen and oxygen atoms in total. The molecule has 0 saturated heterocycles. The highest BCUT2D eigenvalue weighted by molar-refractivity contribution is 5.42. The summed E-state index contributed by atoms with van der Waals surface area (Å²) in [7, 11) is 3.94. The minimum atomic E-state index is 0.355. The van der Waals surface area contributed by atoms with Crippen LogP contribution in [0, 0.1) is 0 Å². The summed E-state index contributed by atoms with van der Waals surface area (Å²) in [6.07, 6.45) is 4.22. The fourth-order valence-corrected chi connectivity index (χ4v) is 1.54. The van der Waals surface area contributed by atoms with Crippen molar-refractivity contribution < 1.29 is 0 Å². The maximum atomic E-state index is 4.40. The largest absolute Gasteiger partial charge is 0.320 e. The molecule has 0 amide bonds. The zero-order valence-electron chi connectivity index (χ0n) is 11.8. The second kappa shape index (κ2) is 11.8. The Morgan fingerprint density at radius 3 is 1.59 bits per heavy atom. The summed E-state index contributed by atoms with van der Waals surface area (Å²) in [5.74, 6) is 0. The first-order valence-electron chi connectivity index (χ1n) is 6.72. The Hall–Kier alpha value is -0.700. The number of rotatable bonds is 10. The monoisotopic (exact) mass is 240 g/mol. The lowest BCUT2D eigenvalue weighted by atomic mass is 10.1. The smallest absolute Gasteiger partial charge is 0.0898 e. The molecule has 0 aromatic rings. The second-order valence-corrected chi connectivity index (χ2v) is 4.27. The fourth-order valence-electron chi connectivity index (χ4n) is 1.54. The molecular formula is C13H28N4. The van der Waals surface area contributed by atoms with E-state index in [4.69, 9.17) is 0 Å². The molecule has 0 saturated carbocycles. The van der Waals surface area contributed by atoms with Gasteiger partial charge in [0.05, 0.1) is 18.1 Å². The van der Waals surface area contributed by atoms with Crippen molar-refractivity contribution in [1.29, 1.82) is 0 Å². The van der Waals surface area contributed by atoms with Gasteiger partial charge < -0.3 is 10.6 Å². The van der Waals surface area contributed by atoms with Crippen LogP contribution in [0.4, 0.5) is 0 Å². The Balaban J connectivity index is 4.13. The first-order valence-corrected chi connectivity index (χ1v) is 6.72. The van der Waals surface area contributed by atoms with E-state index < -0.39 is 0 Å². The molecule has 17 heavy (non-hydrogen) atoms. The topological polar surface area (TPSA) is 48.8 Å².